The van der Waals surface area contributed by atoms with Crippen LogP contribution in [0.5, 0.6) is 0 Å². The molecule has 8 heteroatoms. The van der Waals surface area contributed by atoms with Crippen LogP contribution in [-0.2, 0) is 0 Å². The summed E-state index contributed by atoms with van der Waals surface area (Å²) in [4.78, 5) is 21.1. The number of amides is 1. The van der Waals surface area contributed by atoms with Gasteiger partial charge in [0.2, 0.25) is 5.82 Å². The molecule has 0 bridgehead atoms. The van der Waals surface area contributed by atoms with Crippen molar-refractivity contribution in [1.82, 2.24) is 25.5 Å². The Morgan fingerprint density at radius 2 is 2.44 bits per heavy atom. The summed E-state index contributed by atoms with van der Waals surface area (Å²) in [7, 11) is 0. The van der Waals surface area contributed by atoms with E-state index in [0.717, 1.165) is 5.01 Å². The Bertz CT molecular complexity index is 552. The van der Waals surface area contributed by atoms with Gasteiger partial charge in [0.05, 0.1) is 5.01 Å². The minimum Gasteiger partial charge on any atom is -0.349 e. The minimum atomic E-state index is -0.294. The van der Waals surface area contributed by atoms with Gasteiger partial charge in [0.1, 0.15) is 0 Å². The highest BCUT2D eigenvalue weighted by atomic mass is 79.9. The highest BCUT2D eigenvalue weighted by molar-refractivity contribution is 9.10. The van der Waals surface area contributed by atoms with E-state index in [1.54, 1.807) is 11.3 Å². The number of hydrogen-bond donors (Lipinski definition) is 2. The monoisotopic (exact) mass is 329 g/mol. The van der Waals surface area contributed by atoms with Gasteiger partial charge in [0, 0.05) is 23.5 Å². The Morgan fingerprint density at radius 3 is 3.00 bits per heavy atom. The summed E-state index contributed by atoms with van der Waals surface area (Å²) in [6.45, 7) is 4.54. The number of aromatic nitrogens is 4. The molecule has 0 fully saturated rings. The van der Waals surface area contributed by atoms with Gasteiger partial charge in [-0.3, -0.25) is 9.89 Å². The molecule has 0 aliphatic rings. The van der Waals surface area contributed by atoms with Gasteiger partial charge in [-0.25, -0.2) is 4.98 Å². The van der Waals surface area contributed by atoms with Crippen molar-refractivity contribution in [2.45, 2.75) is 19.8 Å². The smallest absolute Gasteiger partial charge is 0.291 e. The SMILES string of the molecule is Cc1cnc(C(C)CNC(=O)c2n[nH]c(Br)n2)s1. The third kappa shape index (κ3) is 3.14. The molecule has 1 amide bonds. The van der Waals surface area contributed by atoms with Crippen LogP contribution in [0.2, 0.25) is 0 Å². The average Bonchev–Trinajstić information content (AvgIpc) is 2.94. The highest BCUT2D eigenvalue weighted by Crippen LogP contribution is 2.20. The quantitative estimate of drug-likeness (QED) is 0.896. The lowest BCUT2D eigenvalue weighted by molar-refractivity contribution is 0.0941. The van der Waals surface area contributed by atoms with Gasteiger partial charge in [-0.15, -0.1) is 16.4 Å². The molecule has 1 unspecified atom stereocenters. The summed E-state index contributed by atoms with van der Waals surface area (Å²) in [5.41, 5.74) is 0. The number of halogens is 1. The zero-order valence-corrected chi connectivity index (χ0v) is 12.3. The summed E-state index contributed by atoms with van der Waals surface area (Å²) < 4.78 is 0.441. The molecule has 2 aromatic rings. The molecule has 0 saturated carbocycles. The molecule has 0 saturated heterocycles. The van der Waals surface area contributed by atoms with Gasteiger partial charge in [0.15, 0.2) is 4.73 Å². The van der Waals surface area contributed by atoms with Gasteiger partial charge in [-0.2, -0.15) is 4.98 Å². The van der Waals surface area contributed by atoms with Gasteiger partial charge in [0.25, 0.3) is 5.91 Å². The fraction of sp³-hybridized carbons (Fsp3) is 0.400. The maximum absolute atomic E-state index is 11.7. The number of rotatable bonds is 4. The van der Waals surface area contributed by atoms with E-state index in [4.69, 9.17) is 0 Å². The lowest BCUT2D eigenvalue weighted by Crippen LogP contribution is -2.28. The normalized spacial score (nSPS) is 12.4. The first-order valence-corrected chi connectivity index (χ1v) is 6.95. The molecule has 0 aliphatic heterocycles. The summed E-state index contributed by atoms with van der Waals surface area (Å²) in [6.07, 6.45) is 1.84. The van der Waals surface area contributed by atoms with Gasteiger partial charge in [-0.05, 0) is 22.9 Å². The molecule has 2 aromatic heterocycles. The number of thiazole rings is 1. The molecule has 0 spiro atoms. The largest absolute Gasteiger partial charge is 0.349 e. The Labute approximate surface area is 116 Å². The van der Waals surface area contributed by atoms with E-state index in [-0.39, 0.29) is 17.6 Å². The number of aryl methyl sites for hydroxylation is 1. The second-order valence-electron chi connectivity index (χ2n) is 3.87. The van der Waals surface area contributed by atoms with Gasteiger partial charge >= 0.3 is 0 Å². The lowest BCUT2D eigenvalue weighted by Gasteiger charge is -2.08. The molecule has 0 aliphatic carbocycles. The Hall–Kier alpha value is -1.28. The second-order valence-corrected chi connectivity index (χ2v) is 5.89. The standard InChI is InChI=1S/C10H12BrN5OS/c1-5(9-13-4-6(2)18-9)3-12-8(17)7-14-10(11)16-15-7/h4-5H,3H2,1-2H3,(H,12,17)(H,14,15,16). The van der Waals surface area contributed by atoms with E-state index >= 15 is 0 Å². The third-order valence-corrected chi connectivity index (χ3v) is 3.79. The number of carbonyl (C=O) groups excluding carboxylic acids is 1. The van der Waals surface area contributed by atoms with Crippen molar-refractivity contribution in [3.63, 3.8) is 0 Å². The Balaban J connectivity index is 1.90. The Morgan fingerprint density at radius 1 is 1.67 bits per heavy atom. The van der Waals surface area contributed by atoms with Crippen LogP contribution in [0.4, 0.5) is 0 Å². The van der Waals surface area contributed by atoms with E-state index in [1.165, 1.54) is 4.88 Å². The van der Waals surface area contributed by atoms with E-state index in [2.05, 4.69) is 41.4 Å². The number of nitrogens with one attached hydrogen (secondary N) is 2. The lowest BCUT2D eigenvalue weighted by atomic mass is 10.2. The first-order valence-electron chi connectivity index (χ1n) is 5.34. The van der Waals surface area contributed by atoms with Gasteiger partial charge in [-0.1, -0.05) is 6.92 Å². The molecular formula is C10H12BrN5OS. The fourth-order valence-electron chi connectivity index (χ4n) is 1.36. The molecule has 1 atom stereocenters. The van der Waals surface area contributed by atoms with Crippen molar-refractivity contribution in [2.75, 3.05) is 6.54 Å². The van der Waals surface area contributed by atoms with Crippen LogP contribution in [0.3, 0.4) is 0 Å². The van der Waals surface area contributed by atoms with E-state index in [1.807, 2.05) is 20.0 Å². The summed E-state index contributed by atoms with van der Waals surface area (Å²) in [5, 5.41) is 10.1. The van der Waals surface area contributed by atoms with Crippen molar-refractivity contribution < 1.29 is 4.79 Å². The molecule has 2 N–H and O–H groups in total. The number of H-pyrrole nitrogens is 1. The number of carbonyl (C=O) groups is 1. The van der Waals surface area contributed by atoms with Crippen LogP contribution in [0.25, 0.3) is 0 Å². The van der Waals surface area contributed by atoms with Crippen LogP contribution < -0.4 is 5.32 Å². The molecule has 6 nitrogen and oxygen atoms in total. The minimum absolute atomic E-state index is 0.129. The maximum Gasteiger partial charge on any atom is 0.291 e. The van der Waals surface area contributed by atoms with Crippen LogP contribution in [0, 0.1) is 6.92 Å². The van der Waals surface area contributed by atoms with Crippen LogP contribution in [0.1, 0.15) is 33.3 Å². The maximum atomic E-state index is 11.7. The van der Waals surface area contributed by atoms with Crippen LogP contribution in [0.15, 0.2) is 10.9 Å². The molecule has 0 aromatic carbocycles. The van der Waals surface area contributed by atoms with Crippen molar-refractivity contribution in [3.8, 4) is 0 Å². The first-order chi connectivity index (χ1) is 8.56. The van der Waals surface area contributed by atoms with Crippen molar-refractivity contribution in [1.29, 1.82) is 0 Å². The summed E-state index contributed by atoms with van der Waals surface area (Å²) in [5.74, 6) is 0.0107. The van der Waals surface area contributed by atoms with Crippen LogP contribution >= 0.6 is 27.3 Å². The second kappa shape index (κ2) is 5.57. The van der Waals surface area contributed by atoms with Gasteiger partial charge < -0.3 is 5.32 Å². The van der Waals surface area contributed by atoms with Crippen molar-refractivity contribution in [2.24, 2.45) is 0 Å². The summed E-state index contributed by atoms with van der Waals surface area (Å²) >= 11 is 4.74. The summed E-state index contributed by atoms with van der Waals surface area (Å²) in [6, 6.07) is 0. The molecule has 2 heterocycles. The number of hydrogen-bond acceptors (Lipinski definition) is 5. The molecular weight excluding hydrogens is 318 g/mol. The zero-order chi connectivity index (χ0) is 13.1. The number of nitrogens with zero attached hydrogens (tertiary/aromatic N) is 3. The predicted molar refractivity (Wildman–Crippen MR) is 71.7 cm³/mol. The van der Waals surface area contributed by atoms with E-state index in [0.29, 0.717) is 11.3 Å². The average molecular weight is 330 g/mol. The van der Waals surface area contributed by atoms with Crippen molar-refractivity contribution in [3.05, 3.63) is 26.6 Å². The highest BCUT2D eigenvalue weighted by Gasteiger charge is 2.14. The Kier molecular flexibility index (Phi) is 4.07. The molecule has 2 rings (SSSR count). The van der Waals surface area contributed by atoms with Crippen LogP contribution in [-0.4, -0.2) is 32.6 Å². The third-order valence-electron chi connectivity index (χ3n) is 2.29. The fourth-order valence-corrected chi connectivity index (χ4v) is 2.44. The zero-order valence-electron chi connectivity index (χ0n) is 9.90. The molecule has 18 heavy (non-hydrogen) atoms. The predicted octanol–water partition coefficient (Wildman–Crippen LogP) is 1.87. The molecule has 96 valence electrons. The van der Waals surface area contributed by atoms with E-state index < -0.39 is 0 Å². The van der Waals surface area contributed by atoms with E-state index in [9.17, 15) is 4.79 Å². The number of aromatic amines is 1. The molecule has 0 radical (unpaired) electrons. The van der Waals surface area contributed by atoms with Crippen molar-refractivity contribution >= 4 is 33.2 Å². The first kappa shape index (κ1) is 13.2. The topological polar surface area (TPSA) is 83.6 Å².